The van der Waals surface area contributed by atoms with E-state index in [9.17, 15) is 4.79 Å². The average molecular weight is 210 g/mol. The van der Waals surface area contributed by atoms with Crippen molar-refractivity contribution in [2.45, 2.75) is 19.8 Å². The minimum Gasteiger partial charge on any atom is -0.294 e. The van der Waals surface area contributed by atoms with Crippen molar-refractivity contribution in [1.29, 1.82) is 10.5 Å². The first kappa shape index (κ1) is 10.4. The highest BCUT2D eigenvalue weighted by atomic mass is 16.1. The van der Waals surface area contributed by atoms with Gasteiger partial charge in [-0.1, -0.05) is 19.1 Å². The molecule has 0 aromatic heterocycles. The van der Waals surface area contributed by atoms with Crippen molar-refractivity contribution in [2.75, 3.05) is 0 Å². The second-order valence-corrected chi connectivity index (χ2v) is 4.11. The fourth-order valence-corrected chi connectivity index (χ4v) is 2.17. The Balaban J connectivity index is 2.57. The molecule has 3 heteroatoms. The molecule has 78 valence electrons. The maximum atomic E-state index is 11.7. The Morgan fingerprint density at radius 3 is 2.75 bits per heavy atom. The van der Waals surface area contributed by atoms with Gasteiger partial charge in [-0.15, -0.1) is 0 Å². The third kappa shape index (κ3) is 1.47. The van der Waals surface area contributed by atoms with Gasteiger partial charge in [0, 0.05) is 12.0 Å². The van der Waals surface area contributed by atoms with Crippen LogP contribution in [0.15, 0.2) is 34.4 Å². The van der Waals surface area contributed by atoms with E-state index in [1.54, 1.807) is 0 Å². The van der Waals surface area contributed by atoms with Gasteiger partial charge in [0.1, 0.15) is 17.7 Å². The van der Waals surface area contributed by atoms with Crippen LogP contribution in [-0.4, -0.2) is 5.78 Å². The van der Waals surface area contributed by atoms with Crippen molar-refractivity contribution >= 4 is 5.78 Å². The lowest BCUT2D eigenvalue weighted by Crippen LogP contribution is -2.02. The van der Waals surface area contributed by atoms with Gasteiger partial charge in [0.15, 0.2) is 5.78 Å². The summed E-state index contributed by atoms with van der Waals surface area (Å²) < 4.78 is 0. The Morgan fingerprint density at radius 1 is 1.44 bits per heavy atom. The van der Waals surface area contributed by atoms with Crippen molar-refractivity contribution in [1.82, 2.24) is 0 Å². The molecule has 2 aliphatic rings. The lowest BCUT2D eigenvalue weighted by molar-refractivity contribution is -0.114. The van der Waals surface area contributed by atoms with Crippen LogP contribution in [0.3, 0.4) is 0 Å². The SMILES string of the molecule is CC1C=CC2=C(C1)C(=C(C#N)C#N)CC2=O. The highest BCUT2D eigenvalue weighted by Crippen LogP contribution is 2.38. The van der Waals surface area contributed by atoms with Crippen LogP contribution in [0.25, 0.3) is 0 Å². The number of hydrogen-bond acceptors (Lipinski definition) is 3. The Hall–Kier alpha value is -2.13. The fraction of sp³-hybridized carbons (Fsp3) is 0.308. The molecule has 2 rings (SSSR count). The largest absolute Gasteiger partial charge is 0.294 e. The van der Waals surface area contributed by atoms with E-state index in [1.165, 1.54) is 0 Å². The number of rotatable bonds is 0. The molecule has 0 N–H and O–H groups in total. The number of allylic oxidation sites excluding steroid dienone is 6. The molecule has 1 atom stereocenters. The molecule has 0 bridgehead atoms. The van der Waals surface area contributed by atoms with Gasteiger partial charge in [0.25, 0.3) is 0 Å². The van der Waals surface area contributed by atoms with Gasteiger partial charge in [-0.2, -0.15) is 10.5 Å². The molecule has 0 saturated carbocycles. The fourth-order valence-electron chi connectivity index (χ4n) is 2.17. The third-order valence-electron chi connectivity index (χ3n) is 2.97. The van der Waals surface area contributed by atoms with Crippen LogP contribution in [0.2, 0.25) is 0 Å². The summed E-state index contributed by atoms with van der Waals surface area (Å²) in [6, 6.07) is 3.74. The van der Waals surface area contributed by atoms with Crippen LogP contribution in [0.1, 0.15) is 19.8 Å². The van der Waals surface area contributed by atoms with Crippen molar-refractivity contribution < 1.29 is 4.79 Å². The summed E-state index contributed by atoms with van der Waals surface area (Å²) in [5, 5.41) is 17.7. The summed E-state index contributed by atoms with van der Waals surface area (Å²) in [7, 11) is 0. The molecule has 0 radical (unpaired) electrons. The van der Waals surface area contributed by atoms with Crippen molar-refractivity contribution in [3.05, 3.63) is 34.4 Å². The number of nitriles is 2. The van der Waals surface area contributed by atoms with Gasteiger partial charge >= 0.3 is 0 Å². The minimum atomic E-state index is 0.0242. The Bertz CT molecular complexity index is 519. The number of hydrogen-bond donors (Lipinski definition) is 0. The molecule has 0 saturated heterocycles. The van der Waals surface area contributed by atoms with Gasteiger partial charge in [-0.25, -0.2) is 0 Å². The van der Waals surface area contributed by atoms with E-state index in [0.717, 1.165) is 12.0 Å². The van der Waals surface area contributed by atoms with Gasteiger partial charge in [-0.05, 0) is 23.5 Å². The highest BCUT2D eigenvalue weighted by molar-refractivity contribution is 6.05. The number of nitrogens with zero attached hydrogens (tertiary/aromatic N) is 2. The monoisotopic (exact) mass is 210 g/mol. The molecule has 2 aliphatic carbocycles. The Labute approximate surface area is 94.0 Å². The lowest BCUT2D eigenvalue weighted by Gasteiger charge is -2.14. The molecule has 0 aliphatic heterocycles. The first-order chi connectivity index (χ1) is 7.67. The van der Waals surface area contributed by atoms with Gasteiger partial charge in [-0.3, -0.25) is 4.79 Å². The summed E-state index contributed by atoms with van der Waals surface area (Å²) in [5.41, 5.74) is 2.32. The second-order valence-electron chi connectivity index (χ2n) is 4.11. The summed E-state index contributed by atoms with van der Waals surface area (Å²) in [5.74, 6) is 0.384. The molecule has 1 unspecified atom stereocenters. The predicted molar refractivity (Wildman–Crippen MR) is 57.8 cm³/mol. The summed E-state index contributed by atoms with van der Waals surface area (Å²) in [6.45, 7) is 2.05. The molecule has 0 heterocycles. The number of carbonyl (C=O) groups is 1. The number of Topliss-reactive ketones (excluding diaryl/α,β-unsaturated/α-hetero) is 1. The standard InChI is InChI=1S/C13H10N2O/c1-8-2-3-10-12(4-8)11(5-13(10)16)9(6-14)7-15/h2-3,8H,4-5H2,1H3. The molecule has 3 nitrogen and oxygen atoms in total. The molecule has 0 amide bonds. The predicted octanol–water partition coefficient (Wildman–Crippen LogP) is 2.20. The van der Waals surface area contributed by atoms with E-state index in [0.29, 0.717) is 17.1 Å². The van der Waals surface area contributed by atoms with Crippen LogP contribution >= 0.6 is 0 Å². The normalized spacial score (nSPS) is 22.8. The van der Waals surface area contributed by atoms with E-state index in [-0.39, 0.29) is 17.8 Å². The van der Waals surface area contributed by atoms with Gasteiger partial charge < -0.3 is 0 Å². The van der Waals surface area contributed by atoms with Crippen molar-refractivity contribution in [3.8, 4) is 12.1 Å². The van der Waals surface area contributed by atoms with Crippen LogP contribution in [0, 0.1) is 28.6 Å². The van der Waals surface area contributed by atoms with E-state index >= 15 is 0 Å². The molecular weight excluding hydrogens is 200 g/mol. The molecule has 0 aromatic rings. The van der Waals surface area contributed by atoms with Crippen LogP contribution < -0.4 is 0 Å². The smallest absolute Gasteiger partial charge is 0.167 e. The van der Waals surface area contributed by atoms with Crippen molar-refractivity contribution in [2.24, 2.45) is 5.92 Å². The molecule has 16 heavy (non-hydrogen) atoms. The second kappa shape index (κ2) is 3.79. The topological polar surface area (TPSA) is 64.7 Å². The zero-order valence-electron chi connectivity index (χ0n) is 8.95. The molecule has 0 spiro atoms. The molecular formula is C13H10N2O. The minimum absolute atomic E-state index is 0.0242. The van der Waals surface area contributed by atoms with E-state index in [2.05, 4.69) is 6.92 Å². The van der Waals surface area contributed by atoms with E-state index in [1.807, 2.05) is 24.3 Å². The van der Waals surface area contributed by atoms with Crippen molar-refractivity contribution in [3.63, 3.8) is 0 Å². The first-order valence-corrected chi connectivity index (χ1v) is 5.15. The average Bonchev–Trinajstić information content (AvgIpc) is 2.58. The lowest BCUT2D eigenvalue weighted by atomic mass is 9.89. The number of ketones is 1. The maximum absolute atomic E-state index is 11.7. The van der Waals surface area contributed by atoms with E-state index < -0.39 is 0 Å². The summed E-state index contributed by atoms with van der Waals surface area (Å²) in [4.78, 5) is 11.7. The quantitative estimate of drug-likeness (QED) is 0.575. The Morgan fingerprint density at radius 2 is 2.12 bits per heavy atom. The molecule has 0 aromatic carbocycles. The van der Waals surface area contributed by atoms with Crippen LogP contribution in [0.5, 0.6) is 0 Å². The van der Waals surface area contributed by atoms with Gasteiger partial charge in [0.05, 0.1) is 0 Å². The van der Waals surface area contributed by atoms with E-state index in [4.69, 9.17) is 10.5 Å². The maximum Gasteiger partial charge on any atom is 0.167 e. The number of carbonyl (C=O) groups excluding carboxylic acids is 1. The highest BCUT2D eigenvalue weighted by Gasteiger charge is 2.30. The zero-order valence-corrected chi connectivity index (χ0v) is 8.95. The zero-order chi connectivity index (χ0) is 11.7. The molecule has 0 fully saturated rings. The van der Waals surface area contributed by atoms with Crippen LogP contribution in [0.4, 0.5) is 0 Å². The van der Waals surface area contributed by atoms with Gasteiger partial charge in [0.2, 0.25) is 0 Å². The Kier molecular flexibility index (Phi) is 2.46. The third-order valence-corrected chi connectivity index (χ3v) is 2.97. The summed E-state index contributed by atoms with van der Waals surface area (Å²) >= 11 is 0. The first-order valence-electron chi connectivity index (χ1n) is 5.15. The van der Waals surface area contributed by atoms with Crippen LogP contribution in [-0.2, 0) is 4.79 Å². The summed E-state index contributed by atoms with van der Waals surface area (Å²) in [6.07, 6.45) is 4.78.